The molecule has 0 spiro atoms. The molecule has 0 amide bonds. The van der Waals surface area contributed by atoms with Crippen LogP contribution in [0.5, 0.6) is 0 Å². The zero-order valence-electron chi connectivity index (χ0n) is 16.4. The van der Waals surface area contributed by atoms with E-state index in [4.69, 9.17) is 4.52 Å². The number of halogens is 1. The highest BCUT2D eigenvalue weighted by Crippen LogP contribution is 2.17. The molecule has 3 aromatic heterocycles. The fraction of sp³-hybridized carbons (Fsp3) is 0.143. The fourth-order valence-electron chi connectivity index (χ4n) is 3.24. The topological polar surface area (TPSA) is 105 Å². The van der Waals surface area contributed by atoms with Gasteiger partial charge in [-0.05, 0) is 30.7 Å². The van der Waals surface area contributed by atoms with Gasteiger partial charge in [-0.25, -0.2) is 14.1 Å². The van der Waals surface area contributed by atoms with Crippen molar-refractivity contribution >= 4 is 11.2 Å². The van der Waals surface area contributed by atoms with Gasteiger partial charge in [0.15, 0.2) is 11.2 Å². The lowest BCUT2D eigenvalue weighted by Gasteiger charge is -2.03. The van der Waals surface area contributed by atoms with E-state index in [9.17, 15) is 9.18 Å². The van der Waals surface area contributed by atoms with E-state index in [1.807, 2.05) is 31.2 Å². The maximum absolute atomic E-state index is 13.1. The molecule has 0 aliphatic heterocycles. The predicted molar refractivity (Wildman–Crippen MR) is 109 cm³/mol. The maximum atomic E-state index is 13.1. The molecule has 9 nitrogen and oxygen atoms in total. The second kappa shape index (κ2) is 7.56. The summed E-state index contributed by atoms with van der Waals surface area (Å²) in [6.07, 6.45) is 1.39. The molecule has 0 unspecified atom stereocenters. The summed E-state index contributed by atoms with van der Waals surface area (Å²) in [5.74, 6) is 0.407. The van der Waals surface area contributed by atoms with E-state index >= 15 is 0 Å². The van der Waals surface area contributed by atoms with Crippen molar-refractivity contribution in [3.05, 3.63) is 88.0 Å². The van der Waals surface area contributed by atoms with Gasteiger partial charge in [0, 0.05) is 5.56 Å². The fourth-order valence-corrected chi connectivity index (χ4v) is 3.24. The highest BCUT2D eigenvalue weighted by Gasteiger charge is 2.15. The molecule has 5 rings (SSSR count). The van der Waals surface area contributed by atoms with Crippen LogP contribution in [0.2, 0.25) is 0 Å². The lowest BCUT2D eigenvalue weighted by atomic mass is 10.1. The molecule has 0 aliphatic rings. The number of aromatic nitrogens is 7. The Balaban J connectivity index is 1.41. The molecule has 0 N–H and O–H groups in total. The smallest absolute Gasteiger partial charge is 0.283 e. The lowest BCUT2D eigenvalue weighted by Crippen LogP contribution is -2.21. The summed E-state index contributed by atoms with van der Waals surface area (Å²) < 4.78 is 21.2. The van der Waals surface area contributed by atoms with Crippen molar-refractivity contribution in [1.82, 2.24) is 34.7 Å². The summed E-state index contributed by atoms with van der Waals surface area (Å²) in [5.41, 5.74) is 2.83. The molecule has 2 aromatic carbocycles. The van der Waals surface area contributed by atoms with Crippen molar-refractivity contribution in [3.63, 3.8) is 0 Å². The number of benzene rings is 2. The van der Waals surface area contributed by atoms with Crippen LogP contribution in [-0.2, 0) is 13.1 Å². The van der Waals surface area contributed by atoms with E-state index in [0.29, 0.717) is 18.0 Å². The number of aryl methyl sites for hydroxylation is 1. The largest absolute Gasteiger partial charge is 0.337 e. The first-order valence-corrected chi connectivity index (χ1v) is 9.49. The molecular weight excluding hydrogens is 401 g/mol. The third-order valence-electron chi connectivity index (χ3n) is 4.79. The van der Waals surface area contributed by atoms with Crippen LogP contribution in [0.1, 0.15) is 17.0 Å². The predicted octanol–water partition coefficient (Wildman–Crippen LogP) is 2.58. The van der Waals surface area contributed by atoms with Crippen LogP contribution in [0.15, 0.2) is 64.2 Å². The average molecular weight is 417 g/mol. The highest BCUT2D eigenvalue weighted by atomic mass is 19.1. The van der Waals surface area contributed by atoms with E-state index in [1.54, 1.807) is 12.1 Å². The van der Waals surface area contributed by atoms with Gasteiger partial charge in [0.1, 0.15) is 18.7 Å². The Morgan fingerprint density at radius 2 is 1.94 bits per heavy atom. The molecular formula is C21H16FN7O2. The number of fused-ring (bicyclic) bond motifs is 1. The molecule has 0 atom stereocenters. The molecule has 154 valence electrons. The summed E-state index contributed by atoms with van der Waals surface area (Å²) in [5, 5.41) is 12.0. The van der Waals surface area contributed by atoms with Gasteiger partial charge in [-0.1, -0.05) is 46.3 Å². The monoisotopic (exact) mass is 417 g/mol. The summed E-state index contributed by atoms with van der Waals surface area (Å²) in [6.45, 7) is 2.36. The molecule has 3 heterocycles. The number of rotatable bonds is 5. The van der Waals surface area contributed by atoms with Gasteiger partial charge < -0.3 is 4.52 Å². The highest BCUT2D eigenvalue weighted by molar-refractivity contribution is 5.67. The molecule has 0 fully saturated rings. The molecule has 0 radical (unpaired) electrons. The number of hydrogen-bond acceptors (Lipinski definition) is 7. The summed E-state index contributed by atoms with van der Waals surface area (Å²) in [7, 11) is 0. The van der Waals surface area contributed by atoms with Gasteiger partial charge in [0.2, 0.25) is 11.7 Å². The van der Waals surface area contributed by atoms with Crippen molar-refractivity contribution in [1.29, 1.82) is 0 Å². The van der Waals surface area contributed by atoms with Gasteiger partial charge >= 0.3 is 0 Å². The first kappa shape index (κ1) is 18.8. The first-order valence-electron chi connectivity index (χ1n) is 9.49. The lowest BCUT2D eigenvalue weighted by molar-refractivity contribution is 0.369. The second-order valence-electron chi connectivity index (χ2n) is 7.10. The zero-order valence-corrected chi connectivity index (χ0v) is 16.4. The van der Waals surface area contributed by atoms with Crippen LogP contribution in [0.3, 0.4) is 0 Å². The van der Waals surface area contributed by atoms with E-state index in [0.717, 1.165) is 16.7 Å². The van der Waals surface area contributed by atoms with Crippen molar-refractivity contribution in [3.8, 4) is 11.4 Å². The van der Waals surface area contributed by atoms with Crippen LogP contribution in [0.4, 0.5) is 4.39 Å². The minimum atomic E-state index is -0.370. The summed E-state index contributed by atoms with van der Waals surface area (Å²) >= 11 is 0. The van der Waals surface area contributed by atoms with Crippen LogP contribution in [0.25, 0.3) is 22.6 Å². The van der Waals surface area contributed by atoms with Crippen molar-refractivity contribution in [2.24, 2.45) is 0 Å². The van der Waals surface area contributed by atoms with Crippen LogP contribution < -0.4 is 5.56 Å². The average Bonchev–Trinajstić information content (AvgIpc) is 3.40. The number of hydrogen-bond donors (Lipinski definition) is 0. The standard InChI is InChI=1S/C21H16FN7O2/c1-13-3-2-4-15(9-13)19-24-17(31-26-19)11-28-12-23-20-18(21(28)30)25-27-29(20)10-14-5-7-16(22)8-6-14/h2-9,12H,10-11H2,1H3. The molecule has 0 saturated carbocycles. The van der Waals surface area contributed by atoms with E-state index < -0.39 is 0 Å². The molecule has 5 aromatic rings. The first-order chi connectivity index (χ1) is 15.1. The van der Waals surface area contributed by atoms with Crippen molar-refractivity contribution < 1.29 is 8.91 Å². The second-order valence-corrected chi connectivity index (χ2v) is 7.10. The van der Waals surface area contributed by atoms with Crippen molar-refractivity contribution in [2.75, 3.05) is 0 Å². The Labute approximate surface area is 174 Å². The van der Waals surface area contributed by atoms with E-state index in [-0.39, 0.29) is 29.3 Å². The normalized spacial score (nSPS) is 11.3. The molecule has 10 heteroatoms. The van der Waals surface area contributed by atoms with Crippen molar-refractivity contribution in [2.45, 2.75) is 20.0 Å². The quantitative estimate of drug-likeness (QED) is 0.433. The Hall–Kier alpha value is -4.21. The van der Waals surface area contributed by atoms with Crippen LogP contribution in [0, 0.1) is 12.7 Å². The zero-order chi connectivity index (χ0) is 21.4. The molecule has 31 heavy (non-hydrogen) atoms. The van der Waals surface area contributed by atoms with Crippen LogP contribution in [-0.4, -0.2) is 34.7 Å². The van der Waals surface area contributed by atoms with Gasteiger partial charge in [-0.15, -0.1) is 5.10 Å². The Morgan fingerprint density at radius 3 is 2.74 bits per heavy atom. The van der Waals surface area contributed by atoms with Crippen LogP contribution >= 0.6 is 0 Å². The Kier molecular flexibility index (Phi) is 4.58. The minimum absolute atomic E-state index is 0.0609. The Morgan fingerprint density at radius 1 is 1.10 bits per heavy atom. The molecule has 0 saturated heterocycles. The van der Waals surface area contributed by atoms with Gasteiger partial charge in [-0.3, -0.25) is 9.36 Å². The SMILES string of the molecule is Cc1cccc(-c2noc(Cn3cnc4c(nnn4Cc4ccc(F)cc4)c3=O)n2)c1. The molecule has 0 bridgehead atoms. The summed E-state index contributed by atoms with van der Waals surface area (Å²) in [6, 6.07) is 13.8. The van der Waals surface area contributed by atoms with Gasteiger partial charge in [-0.2, -0.15) is 4.98 Å². The minimum Gasteiger partial charge on any atom is -0.337 e. The number of nitrogens with zero attached hydrogens (tertiary/aromatic N) is 7. The van der Waals surface area contributed by atoms with E-state index in [1.165, 1.54) is 27.7 Å². The third-order valence-corrected chi connectivity index (χ3v) is 4.79. The van der Waals surface area contributed by atoms with E-state index in [2.05, 4.69) is 25.4 Å². The Bertz CT molecular complexity index is 1440. The van der Waals surface area contributed by atoms with Gasteiger partial charge in [0.05, 0.1) is 6.54 Å². The maximum Gasteiger partial charge on any atom is 0.283 e. The summed E-state index contributed by atoms with van der Waals surface area (Å²) in [4.78, 5) is 21.5. The molecule has 0 aliphatic carbocycles. The third kappa shape index (κ3) is 3.70. The van der Waals surface area contributed by atoms with Gasteiger partial charge in [0.25, 0.3) is 5.56 Å².